The Balaban J connectivity index is 4.55. The molecule has 0 saturated heterocycles. The molecule has 4 nitrogen and oxygen atoms in total. The summed E-state index contributed by atoms with van der Waals surface area (Å²) in [5, 5.41) is 0. The minimum absolute atomic E-state index is 0.248. The molecule has 0 radical (unpaired) electrons. The van der Waals surface area contributed by atoms with Crippen molar-refractivity contribution in [3.05, 3.63) is 11.6 Å². The van der Waals surface area contributed by atoms with E-state index < -0.39 is 5.41 Å². The molecule has 0 N–H and O–H groups in total. The lowest BCUT2D eigenvalue weighted by atomic mass is 9.87. The Morgan fingerprint density at radius 2 is 1.65 bits per heavy atom. The summed E-state index contributed by atoms with van der Waals surface area (Å²) in [4.78, 5) is 22.8. The number of esters is 2. The summed E-state index contributed by atoms with van der Waals surface area (Å²) in [6.07, 6.45) is 2.00. The highest BCUT2D eigenvalue weighted by Crippen LogP contribution is 2.24. The fourth-order valence-electron chi connectivity index (χ4n) is 1.53. The highest BCUT2D eigenvalue weighted by Gasteiger charge is 2.22. The third kappa shape index (κ3) is 6.76. The zero-order valence-corrected chi connectivity index (χ0v) is 11.3. The van der Waals surface area contributed by atoms with Crippen molar-refractivity contribution in [1.82, 2.24) is 0 Å². The highest BCUT2D eigenvalue weighted by molar-refractivity contribution is 5.88. The highest BCUT2D eigenvalue weighted by atomic mass is 16.5. The maximum atomic E-state index is 11.4. The van der Waals surface area contributed by atoms with Gasteiger partial charge in [-0.05, 0) is 26.2 Å². The van der Waals surface area contributed by atoms with Gasteiger partial charge in [0.25, 0.3) is 0 Å². The van der Waals surface area contributed by atoms with Crippen LogP contribution in [0.3, 0.4) is 0 Å². The van der Waals surface area contributed by atoms with E-state index >= 15 is 0 Å². The third-order valence-electron chi connectivity index (χ3n) is 2.11. The predicted molar refractivity (Wildman–Crippen MR) is 65.4 cm³/mol. The van der Waals surface area contributed by atoms with Gasteiger partial charge in [-0.25, -0.2) is 4.79 Å². The van der Waals surface area contributed by atoms with Crippen LogP contribution in [0.25, 0.3) is 0 Å². The molecule has 0 aromatic rings. The van der Waals surface area contributed by atoms with Gasteiger partial charge in [0.2, 0.25) is 0 Å². The summed E-state index contributed by atoms with van der Waals surface area (Å²) < 4.78 is 9.76. The summed E-state index contributed by atoms with van der Waals surface area (Å²) in [6.45, 7) is 9.70. The zero-order valence-electron chi connectivity index (χ0n) is 11.3. The molecule has 4 heteroatoms. The predicted octanol–water partition coefficient (Wildman–Crippen LogP) is 2.48. The fourth-order valence-corrected chi connectivity index (χ4v) is 1.53. The molecule has 0 atom stereocenters. The Hall–Kier alpha value is -1.32. The Bertz CT molecular complexity index is 303. The van der Waals surface area contributed by atoms with Crippen LogP contribution in [-0.4, -0.2) is 25.2 Å². The molecule has 0 fully saturated rings. The van der Waals surface area contributed by atoms with E-state index in [4.69, 9.17) is 9.47 Å². The molecule has 98 valence electrons. The van der Waals surface area contributed by atoms with Gasteiger partial charge in [-0.3, -0.25) is 4.79 Å². The first-order valence-corrected chi connectivity index (χ1v) is 5.84. The van der Waals surface area contributed by atoms with Crippen LogP contribution in [0.4, 0.5) is 0 Å². The molecule has 0 unspecified atom stereocenters. The zero-order chi connectivity index (χ0) is 13.5. The van der Waals surface area contributed by atoms with Crippen LogP contribution in [0.1, 0.15) is 41.0 Å². The van der Waals surface area contributed by atoms with E-state index in [1.165, 1.54) is 0 Å². The molecular weight excluding hydrogens is 220 g/mol. The van der Waals surface area contributed by atoms with Gasteiger partial charge in [-0.2, -0.15) is 0 Å². The van der Waals surface area contributed by atoms with Gasteiger partial charge in [0, 0.05) is 5.57 Å². The number of hydrogen-bond donors (Lipinski definition) is 0. The lowest BCUT2D eigenvalue weighted by Gasteiger charge is -2.19. The van der Waals surface area contributed by atoms with Gasteiger partial charge < -0.3 is 9.47 Å². The standard InChI is InChI=1S/C13H22O4/c1-6-16-11(14)9-13(4,5)8-10(3)12(15)17-7-2/h8H,6-7,9H2,1-5H3/b10-8-. The summed E-state index contributed by atoms with van der Waals surface area (Å²) >= 11 is 0. The summed E-state index contributed by atoms with van der Waals surface area (Å²) in [5.74, 6) is -0.602. The van der Waals surface area contributed by atoms with E-state index in [1.54, 1.807) is 26.8 Å². The molecule has 0 aliphatic carbocycles. The molecule has 0 heterocycles. The number of allylic oxidation sites excluding steroid dienone is 1. The normalized spacial score (nSPS) is 12.2. The molecule has 0 rings (SSSR count). The first-order valence-electron chi connectivity index (χ1n) is 5.84. The van der Waals surface area contributed by atoms with Gasteiger partial charge >= 0.3 is 11.9 Å². The molecular formula is C13H22O4. The monoisotopic (exact) mass is 242 g/mol. The number of rotatable bonds is 6. The maximum Gasteiger partial charge on any atom is 0.333 e. The minimum atomic E-state index is -0.414. The van der Waals surface area contributed by atoms with Crippen molar-refractivity contribution in [3.63, 3.8) is 0 Å². The van der Waals surface area contributed by atoms with Gasteiger partial charge in [-0.1, -0.05) is 19.9 Å². The van der Waals surface area contributed by atoms with E-state index in [0.717, 1.165) is 0 Å². The van der Waals surface area contributed by atoms with Crippen molar-refractivity contribution in [3.8, 4) is 0 Å². The van der Waals surface area contributed by atoms with Gasteiger partial charge in [-0.15, -0.1) is 0 Å². The SMILES string of the molecule is CCOC(=O)CC(C)(C)/C=C(/C)C(=O)OCC. The fraction of sp³-hybridized carbons (Fsp3) is 0.692. The van der Waals surface area contributed by atoms with Gasteiger partial charge in [0.15, 0.2) is 0 Å². The second-order valence-electron chi connectivity index (χ2n) is 4.52. The minimum Gasteiger partial charge on any atom is -0.466 e. The maximum absolute atomic E-state index is 11.4. The Kier molecular flexibility index (Phi) is 6.54. The summed E-state index contributed by atoms with van der Waals surface area (Å²) in [6, 6.07) is 0. The molecule has 0 bridgehead atoms. The molecule has 17 heavy (non-hydrogen) atoms. The van der Waals surface area contributed by atoms with Crippen molar-refractivity contribution in [2.75, 3.05) is 13.2 Å². The van der Waals surface area contributed by atoms with Crippen molar-refractivity contribution in [2.45, 2.75) is 41.0 Å². The van der Waals surface area contributed by atoms with Crippen molar-refractivity contribution >= 4 is 11.9 Å². The lowest BCUT2D eigenvalue weighted by Crippen LogP contribution is -2.18. The first kappa shape index (κ1) is 15.7. The first-order chi connectivity index (χ1) is 7.82. The molecule has 0 aromatic heterocycles. The average Bonchev–Trinajstić information content (AvgIpc) is 2.16. The van der Waals surface area contributed by atoms with Crippen molar-refractivity contribution in [2.24, 2.45) is 5.41 Å². The average molecular weight is 242 g/mol. The summed E-state index contributed by atoms with van der Waals surface area (Å²) in [5.41, 5.74) is 0.101. The van der Waals surface area contributed by atoms with E-state index in [2.05, 4.69) is 0 Å². The number of carbonyl (C=O) groups is 2. The van der Waals surface area contributed by atoms with Crippen molar-refractivity contribution < 1.29 is 19.1 Å². The van der Waals surface area contributed by atoms with E-state index in [9.17, 15) is 9.59 Å². The van der Waals surface area contributed by atoms with Crippen LogP contribution >= 0.6 is 0 Å². The lowest BCUT2D eigenvalue weighted by molar-refractivity contribution is -0.145. The van der Waals surface area contributed by atoms with Crippen LogP contribution in [0, 0.1) is 5.41 Å². The molecule has 0 saturated carbocycles. The largest absolute Gasteiger partial charge is 0.466 e. The molecule has 0 amide bonds. The second-order valence-corrected chi connectivity index (χ2v) is 4.52. The number of hydrogen-bond acceptors (Lipinski definition) is 4. The number of ether oxygens (including phenoxy) is 2. The van der Waals surface area contributed by atoms with E-state index in [0.29, 0.717) is 18.8 Å². The van der Waals surface area contributed by atoms with Crippen LogP contribution in [0.15, 0.2) is 11.6 Å². The number of carbonyl (C=O) groups excluding carboxylic acids is 2. The summed E-state index contributed by atoms with van der Waals surface area (Å²) in [7, 11) is 0. The van der Waals surface area contributed by atoms with Gasteiger partial charge in [0.1, 0.15) is 0 Å². The van der Waals surface area contributed by atoms with Gasteiger partial charge in [0.05, 0.1) is 19.6 Å². The van der Waals surface area contributed by atoms with Crippen LogP contribution in [-0.2, 0) is 19.1 Å². The topological polar surface area (TPSA) is 52.6 Å². The second kappa shape index (κ2) is 7.09. The van der Waals surface area contributed by atoms with E-state index in [-0.39, 0.29) is 18.4 Å². The molecule has 0 aliphatic heterocycles. The third-order valence-corrected chi connectivity index (χ3v) is 2.11. The molecule has 0 spiro atoms. The molecule has 0 aromatic carbocycles. The van der Waals surface area contributed by atoms with Crippen LogP contribution in [0.2, 0.25) is 0 Å². The Morgan fingerprint density at radius 1 is 1.12 bits per heavy atom. The van der Waals surface area contributed by atoms with E-state index in [1.807, 2.05) is 13.8 Å². The van der Waals surface area contributed by atoms with Crippen molar-refractivity contribution in [1.29, 1.82) is 0 Å². The molecule has 0 aliphatic rings. The van der Waals surface area contributed by atoms with Crippen LogP contribution in [0.5, 0.6) is 0 Å². The smallest absolute Gasteiger partial charge is 0.333 e. The quantitative estimate of drug-likeness (QED) is 0.530. The Morgan fingerprint density at radius 3 is 2.12 bits per heavy atom. The Labute approximate surface area is 103 Å². The van der Waals surface area contributed by atoms with Crippen LogP contribution < -0.4 is 0 Å².